The van der Waals surface area contributed by atoms with E-state index >= 15 is 0 Å². The van der Waals surface area contributed by atoms with E-state index < -0.39 is 10.0 Å². The monoisotopic (exact) mass is 261 g/mol. The number of hydrogen-bond acceptors (Lipinski definition) is 5. The lowest BCUT2D eigenvalue weighted by atomic mass is 10.4. The Morgan fingerprint density at radius 2 is 1.94 bits per heavy atom. The number of thiophene rings is 1. The summed E-state index contributed by atoms with van der Waals surface area (Å²) < 4.78 is 26.2. The number of likely N-dealkylation sites (N-methyl/N-ethyl adjacent to an activating group) is 1. The lowest BCUT2D eigenvalue weighted by Crippen LogP contribution is -2.46. The number of nitrogens with zero attached hydrogens (tertiary/aromatic N) is 2. The minimum atomic E-state index is -3.32. The molecule has 1 aliphatic heterocycles. The number of anilines is 1. The van der Waals surface area contributed by atoms with Gasteiger partial charge in [0.15, 0.2) is 0 Å². The molecule has 0 radical (unpaired) electrons. The number of nitrogen functional groups attached to an aromatic ring is 1. The molecule has 0 aromatic carbocycles. The van der Waals surface area contributed by atoms with Crippen LogP contribution in [0.5, 0.6) is 0 Å². The number of nitrogens with two attached hydrogens (primary N) is 1. The van der Waals surface area contributed by atoms with Crippen LogP contribution in [0, 0.1) is 0 Å². The zero-order valence-electron chi connectivity index (χ0n) is 9.09. The van der Waals surface area contributed by atoms with Crippen LogP contribution in [0.15, 0.2) is 15.7 Å². The molecular formula is C9H15N3O2S2. The second-order valence-electron chi connectivity index (χ2n) is 3.91. The summed E-state index contributed by atoms with van der Waals surface area (Å²) in [6, 6.07) is 1.53. The van der Waals surface area contributed by atoms with E-state index in [2.05, 4.69) is 4.90 Å². The maximum absolute atomic E-state index is 12.2. The third-order valence-corrected chi connectivity index (χ3v) is 5.98. The Balaban J connectivity index is 2.20. The molecule has 0 unspecified atom stereocenters. The molecule has 0 atom stereocenters. The molecule has 2 N–H and O–H groups in total. The SMILES string of the molecule is CN1CCN(S(=O)(=O)c2cc(N)cs2)CC1. The summed E-state index contributed by atoms with van der Waals surface area (Å²) in [5.74, 6) is 0. The topological polar surface area (TPSA) is 66.6 Å². The molecule has 0 bridgehead atoms. The summed E-state index contributed by atoms with van der Waals surface area (Å²) in [4.78, 5) is 2.12. The summed E-state index contributed by atoms with van der Waals surface area (Å²) >= 11 is 1.18. The first-order valence-corrected chi connectivity index (χ1v) is 7.35. The molecule has 2 rings (SSSR count). The molecule has 0 spiro atoms. The van der Waals surface area contributed by atoms with E-state index in [-0.39, 0.29) is 0 Å². The predicted octanol–water partition coefficient (Wildman–Crippen LogP) is 0.266. The van der Waals surface area contributed by atoms with Gasteiger partial charge in [0.2, 0.25) is 0 Å². The molecule has 1 aromatic rings. The molecule has 0 aliphatic carbocycles. The fraction of sp³-hybridized carbons (Fsp3) is 0.556. The van der Waals surface area contributed by atoms with Crippen LogP contribution in [-0.2, 0) is 10.0 Å². The minimum absolute atomic E-state index is 0.342. The highest BCUT2D eigenvalue weighted by molar-refractivity contribution is 7.91. The van der Waals surface area contributed by atoms with Gasteiger partial charge in [-0.25, -0.2) is 8.42 Å². The fourth-order valence-electron chi connectivity index (χ4n) is 1.62. The van der Waals surface area contributed by atoms with Crippen LogP contribution in [0.3, 0.4) is 0 Å². The highest BCUT2D eigenvalue weighted by Gasteiger charge is 2.28. The lowest BCUT2D eigenvalue weighted by Gasteiger charge is -2.31. The van der Waals surface area contributed by atoms with Gasteiger partial charge in [0.1, 0.15) is 4.21 Å². The Labute approximate surface area is 99.5 Å². The van der Waals surface area contributed by atoms with Crippen LogP contribution >= 0.6 is 11.3 Å². The van der Waals surface area contributed by atoms with Crippen molar-refractivity contribution in [2.75, 3.05) is 39.0 Å². The van der Waals surface area contributed by atoms with E-state index in [1.54, 1.807) is 5.38 Å². The maximum atomic E-state index is 12.2. The smallest absolute Gasteiger partial charge is 0.252 e. The van der Waals surface area contributed by atoms with Crippen molar-refractivity contribution in [3.05, 3.63) is 11.4 Å². The van der Waals surface area contributed by atoms with Crippen molar-refractivity contribution >= 4 is 27.0 Å². The molecule has 90 valence electrons. The minimum Gasteiger partial charge on any atom is -0.398 e. The summed E-state index contributed by atoms with van der Waals surface area (Å²) in [6.07, 6.45) is 0. The molecule has 1 aliphatic rings. The molecule has 1 fully saturated rings. The summed E-state index contributed by atoms with van der Waals surface area (Å²) in [5, 5.41) is 1.66. The third kappa shape index (κ3) is 2.22. The number of rotatable bonds is 2. The molecule has 7 heteroatoms. The summed E-state index contributed by atoms with van der Waals surface area (Å²) in [6.45, 7) is 2.66. The molecule has 16 heavy (non-hydrogen) atoms. The summed E-state index contributed by atoms with van der Waals surface area (Å²) in [5.41, 5.74) is 6.06. The molecule has 2 heterocycles. The molecule has 0 saturated carbocycles. The van der Waals surface area contributed by atoms with Gasteiger partial charge in [-0.1, -0.05) is 0 Å². The van der Waals surface area contributed by atoms with Crippen LogP contribution in [0.4, 0.5) is 5.69 Å². The first kappa shape index (κ1) is 11.8. The van der Waals surface area contributed by atoms with E-state index in [1.165, 1.54) is 21.7 Å². The van der Waals surface area contributed by atoms with Crippen molar-refractivity contribution < 1.29 is 8.42 Å². The average Bonchev–Trinajstić information content (AvgIpc) is 2.66. The van der Waals surface area contributed by atoms with Crippen molar-refractivity contribution in [1.29, 1.82) is 0 Å². The third-order valence-electron chi connectivity index (χ3n) is 2.65. The quantitative estimate of drug-likeness (QED) is 0.829. The van der Waals surface area contributed by atoms with Gasteiger partial charge in [-0.15, -0.1) is 11.3 Å². The molecule has 0 amide bonds. The first-order chi connectivity index (χ1) is 7.50. The Bertz CT molecular complexity index is 461. The molecule has 1 saturated heterocycles. The van der Waals surface area contributed by atoms with Crippen LogP contribution in [-0.4, -0.2) is 50.8 Å². The maximum Gasteiger partial charge on any atom is 0.252 e. The van der Waals surface area contributed by atoms with Crippen molar-refractivity contribution in [2.45, 2.75) is 4.21 Å². The fourth-order valence-corrected chi connectivity index (χ4v) is 4.28. The zero-order valence-corrected chi connectivity index (χ0v) is 10.7. The van der Waals surface area contributed by atoms with Crippen molar-refractivity contribution in [1.82, 2.24) is 9.21 Å². The Morgan fingerprint density at radius 3 is 2.44 bits per heavy atom. The van der Waals surface area contributed by atoms with Gasteiger partial charge in [0.25, 0.3) is 10.0 Å². The Kier molecular flexibility index (Phi) is 3.20. The standard InChI is InChI=1S/C9H15N3O2S2/c1-11-2-4-12(5-3-11)16(13,14)9-6-8(10)7-15-9/h6-7H,2-5,10H2,1H3. The van der Waals surface area contributed by atoms with Gasteiger partial charge in [-0.3, -0.25) is 0 Å². The van der Waals surface area contributed by atoms with Crippen LogP contribution in [0.25, 0.3) is 0 Å². The first-order valence-electron chi connectivity index (χ1n) is 5.03. The van der Waals surface area contributed by atoms with E-state index in [9.17, 15) is 8.42 Å². The number of piperazine rings is 1. The second-order valence-corrected chi connectivity index (χ2v) is 6.98. The van der Waals surface area contributed by atoms with E-state index in [0.29, 0.717) is 23.0 Å². The largest absolute Gasteiger partial charge is 0.398 e. The number of hydrogen-bond donors (Lipinski definition) is 1. The summed E-state index contributed by atoms with van der Waals surface area (Å²) in [7, 11) is -1.33. The Morgan fingerprint density at radius 1 is 1.31 bits per heavy atom. The van der Waals surface area contributed by atoms with Gasteiger partial charge in [0.05, 0.1) is 0 Å². The van der Waals surface area contributed by atoms with Crippen LogP contribution in [0.1, 0.15) is 0 Å². The van der Waals surface area contributed by atoms with Gasteiger partial charge in [0, 0.05) is 37.2 Å². The van der Waals surface area contributed by atoms with Gasteiger partial charge >= 0.3 is 0 Å². The average molecular weight is 261 g/mol. The van der Waals surface area contributed by atoms with Gasteiger partial charge in [-0.2, -0.15) is 4.31 Å². The second kappa shape index (κ2) is 4.33. The van der Waals surface area contributed by atoms with Crippen molar-refractivity contribution in [2.24, 2.45) is 0 Å². The highest BCUT2D eigenvalue weighted by Crippen LogP contribution is 2.25. The molecular weight excluding hydrogens is 246 g/mol. The molecule has 1 aromatic heterocycles. The Hall–Kier alpha value is -0.630. The van der Waals surface area contributed by atoms with Crippen LogP contribution < -0.4 is 5.73 Å². The van der Waals surface area contributed by atoms with E-state index in [1.807, 2.05) is 7.05 Å². The van der Waals surface area contributed by atoms with Gasteiger partial charge in [-0.05, 0) is 13.1 Å². The van der Waals surface area contributed by atoms with Crippen molar-refractivity contribution in [3.63, 3.8) is 0 Å². The zero-order chi connectivity index (χ0) is 11.8. The van der Waals surface area contributed by atoms with Crippen molar-refractivity contribution in [3.8, 4) is 0 Å². The van der Waals surface area contributed by atoms with E-state index in [0.717, 1.165) is 13.1 Å². The lowest BCUT2D eigenvalue weighted by molar-refractivity contribution is 0.222. The molecule has 5 nitrogen and oxygen atoms in total. The van der Waals surface area contributed by atoms with Crippen LogP contribution in [0.2, 0.25) is 0 Å². The van der Waals surface area contributed by atoms with Gasteiger partial charge < -0.3 is 10.6 Å². The number of sulfonamides is 1. The normalized spacial score (nSPS) is 20.1. The predicted molar refractivity (Wildman–Crippen MR) is 65.0 cm³/mol. The van der Waals surface area contributed by atoms with E-state index in [4.69, 9.17) is 5.73 Å². The highest BCUT2D eigenvalue weighted by atomic mass is 32.2.